The number of nitrogens with zero attached hydrogens (tertiary/aromatic N) is 4. The number of anilines is 2. The lowest BCUT2D eigenvalue weighted by Crippen LogP contribution is -2.12. The first-order valence-electron chi connectivity index (χ1n) is 5.75. The number of nitrogens with one attached hydrogen (secondary N) is 2. The Morgan fingerprint density at radius 1 is 1.42 bits per heavy atom. The van der Waals surface area contributed by atoms with Gasteiger partial charge in [-0.1, -0.05) is 0 Å². The topological polar surface area (TPSA) is 93.7 Å². The summed E-state index contributed by atoms with van der Waals surface area (Å²) in [6, 6.07) is 0. The highest BCUT2D eigenvalue weighted by atomic mass is 79.9. The first kappa shape index (κ1) is 13.8. The highest BCUT2D eigenvalue weighted by Gasteiger charge is 2.10. The molecule has 4 N–H and O–H groups in total. The third kappa shape index (κ3) is 2.85. The Labute approximate surface area is 119 Å². The first-order valence-corrected chi connectivity index (χ1v) is 6.54. The van der Waals surface area contributed by atoms with Gasteiger partial charge in [-0.05, 0) is 29.8 Å². The number of aryl methyl sites for hydroxylation is 2. The minimum Gasteiger partial charge on any atom is -0.365 e. The number of hydrogen-bond donors (Lipinski definition) is 3. The SMILES string of the molecule is Cc1nn(C)c(C)c1CNc1nc(NN)ncc1Br. The minimum absolute atomic E-state index is 0.366. The van der Waals surface area contributed by atoms with E-state index in [1.807, 2.05) is 25.6 Å². The molecule has 0 bridgehead atoms. The fourth-order valence-electron chi connectivity index (χ4n) is 1.81. The van der Waals surface area contributed by atoms with E-state index in [1.165, 1.54) is 0 Å². The molecule has 0 saturated heterocycles. The Balaban J connectivity index is 2.18. The zero-order chi connectivity index (χ0) is 14.0. The molecule has 2 aromatic rings. The van der Waals surface area contributed by atoms with Crippen LogP contribution in [0, 0.1) is 13.8 Å². The van der Waals surface area contributed by atoms with E-state index in [9.17, 15) is 0 Å². The van der Waals surface area contributed by atoms with Gasteiger partial charge in [0, 0.05) is 31.0 Å². The summed E-state index contributed by atoms with van der Waals surface area (Å²) in [5.74, 6) is 6.35. The van der Waals surface area contributed by atoms with Crippen LogP contribution in [0.2, 0.25) is 0 Å². The van der Waals surface area contributed by atoms with Gasteiger partial charge in [0.1, 0.15) is 5.82 Å². The van der Waals surface area contributed by atoms with Crippen molar-refractivity contribution in [1.29, 1.82) is 0 Å². The molecule has 8 heteroatoms. The van der Waals surface area contributed by atoms with Crippen LogP contribution in [0.5, 0.6) is 0 Å². The predicted octanol–water partition coefficient (Wildman–Crippen LogP) is 1.49. The van der Waals surface area contributed by atoms with E-state index in [1.54, 1.807) is 6.20 Å². The zero-order valence-corrected chi connectivity index (χ0v) is 12.6. The number of aromatic nitrogens is 4. The lowest BCUT2D eigenvalue weighted by molar-refractivity contribution is 0.730. The van der Waals surface area contributed by atoms with Crippen LogP contribution in [0.15, 0.2) is 10.7 Å². The van der Waals surface area contributed by atoms with Crippen LogP contribution >= 0.6 is 15.9 Å². The highest BCUT2D eigenvalue weighted by Crippen LogP contribution is 2.21. The summed E-state index contributed by atoms with van der Waals surface area (Å²) in [7, 11) is 1.93. The third-order valence-corrected chi connectivity index (χ3v) is 3.55. The van der Waals surface area contributed by atoms with Gasteiger partial charge in [-0.25, -0.2) is 10.8 Å². The molecule has 0 radical (unpaired) electrons. The monoisotopic (exact) mass is 325 g/mol. The van der Waals surface area contributed by atoms with E-state index in [0.717, 1.165) is 21.4 Å². The molecule has 2 rings (SSSR count). The maximum absolute atomic E-state index is 5.30. The Morgan fingerprint density at radius 3 is 2.74 bits per heavy atom. The second kappa shape index (κ2) is 5.54. The van der Waals surface area contributed by atoms with Gasteiger partial charge in [-0.15, -0.1) is 0 Å². The van der Waals surface area contributed by atoms with Crippen molar-refractivity contribution in [3.63, 3.8) is 0 Å². The molecule has 7 nitrogen and oxygen atoms in total. The second-order valence-electron chi connectivity index (χ2n) is 4.16. The fourth-order valence-corrected chi connectivity index (χ4v) is 2.14. The van der Waals surface area contributed by atoms with Crippen molar-refractivity contribution in [3.05, 3.63) is 27.6 Å². The molecule has 0 unspecified atom stereocenters. The summed E-state index contributed by atoms with van der Waals surface area (Å²) in [6.07, 6.45) is 1.65. The van der Waals surface area contributed by atoms with Crippen LogP contribution in [0.1, 0.15) is 17.0 Å². The van der Waals surface area contributed by atoms with Crippen LogP contribution in [-0.2, 0) is 13.6 Å². The van der Waals surface area contributed by atoms with Crippen molar-refractivity contribution in [1.82, 2.24) is 19.7 Å². The van der Waals surface area contributed by atoms with Crippen molar-refractivity contribution < 1.29 is 0 Å². The van der Waals surface area contributed by atoms with Crippen LogP contribution in [0.25, 0.3) is 0 Å². The summed E-state index contributed by atoms with van der Waals surface area (Å²) in [5, 5.41) is 7.63. The molecule has 102 valence electrons. The van der Waals surface area contributed by atoms with Gasteiger partial charge >= 0.3 is 0 Å². The standard InChI is InChI=1S/C11H16BrN7/c1-6-8(7(2)19(3)18-6)4-14-10-9(12)5-15-11(16-10)17-13/h5H,4,13H2,1-3H3,(H2,14,15,16,17). The molecule has 0 fully saturated rings. The normalized spacial score (nSPS) is 10.6. The largest absolute Gasteiger partial charge is 0.365 e. The second-order valence-corrected chi connectivity index (χ2v) is 5.02. The van der Waals surface area contributed by atoms with E-state index in [0.29, 0.717) is 18.3 Å². The van der Waals surface area contributed by atoms with Gasteiger partial charge in [0.25, 0.3) is 0 Å². The number of nitrogen functional groups attached to an aromatic ring is 1. The lowest BCUT2D eigenvalue weighted by atomic mass is 10.2. The van der Waals surface area contributed by atoms with Crippen molar-refractivity contribution in [2.75, 3.05) is 10.7 Å². The molecule has 2 heterocycles. The summed E-state index contributed by atoms with van der Waals surface area (Å²) < 4.78 is 2.65. The minimum atomic E-state index is 0.366. The molecule has 0 atom stereocenters. The Kier molecular flexibility index (Phi) is 4.01. The van der Waals surface area contributed by atoms with Crippen molar-refractivity contribution in [2.24, 2.45) is 12.9 Å². The van der Waals surface area contributed by atoms with Gasteiger partial charge < -0.3 is 5.32 Å². The van der Waals surface area contributed by atoms with Crippen molar-refractivity contribution >= 4 is 27.7 Å². The molecular weight excluding hydrogens is 310 g/mol. The first-order chi connectivity index (χ1) is 9.02. The molecule has 0 saturated carbocycles. The number of nitrogens with two attached hydrogens (primary N) is 1. The van der Waals surface area contributed by atoms with E-state index in [-0.39, 0.29) is 0 Å². The molecule has 0 spiro atoms. The Hall–Kier alpha value is -1.67. The molecule has 0 aromatic carbocycles. The average molecular weight is 326 g/mol. The maximum Gasteiger partial charge on any atom is 0.239 e. The van der Waals surface area contributed by atoms with E-state index >= 15 is 0 Å². The molecule has 0 aliphatic heterocycles. The number of rotatable bonds is 4. The highest BCUT2D eigenvalue weighted by molar-refractivity contribution is 9.10. The van der Waals surface area contributed by atoms with Gasteiger partial charge in [-0.3, -0.25) is 10.1 Å². The van der Waals surface area contributed by atoms with Crippen LogP contribution in [0.3, 0.4) is 0 Å². The molecule has 0 aliphatic carbocycles. The van der Waals surface area contributed by atoms with Crippen LogP contribution < -0.4 is 16.6 Å². The molecule has 0 aliphatic rings. The predicted molar refractivity (Wildman–Crippen MR) is 77.6 cm³/mol. The van der Waals surface area contributed by atoms with E-state index in [2.05, 4.69) is 41.7 Å². The zero-order valence-electron chi connectivity index (χ0n) is 11.0. The third-order valence-electron chi connectivity index (χ3n) is 2.96. The van der Waals surface area contributed by atoms with E-state index < -0.39 is 0 Å². The molecular formula is C11H16BrN7. The smallest absolute Gasteiger partial charge is 0.239 e. The van der Waals surface area contributed by atoms with Crippen molar-refractivity contribution in [2.45, 2.75) is 20.4 Å². The Morgan fingerprint density at radius 2 is 2.16 bits per heavy atom. The van der Waals surface area contributed by atoms with Crippen molar-refractivity contribution in [3.8, 4) is 0 Å². The Bertz CT molecular complexity index is 593. The summed E-state index contributed by atoms with van der Waals surface area (Å²) in [5.41, 5.74) is 5.72. The molecule has 19 heavy (non-hydrogen) atoms. The van der Waals surface area contributed by atoms with Crippen LogP contribution in [0.4, 0.5) is 11.8 Å². The summed E-state index contributed by atoms with van der Waals surface area (Å²) in [4.78, 5) is 8.24. The average Bonchev–Trinajstić information content (AvgIpc) is 2.63. The summed E-state index contributed by atoms with van der Waals surface area (Å²) >= 11 is 3.40. The van der Waals surface area contributed by atoms with E-state index in [4.69, 9.17) is 5.84 Å². The number of hydrogen-bond acceptors (Lipinski definition) is 6. The number of hydrazine groups is 1. The maximum atomic E-state index is 5.30. The van der Waals surface area contributed by atoms with Crippen LogP contribution in [-0.4, -0.2) is 19.7 Å². The molecule has 2 aromatic heterocycles. The van der Waals surface area contributed by atoms with Gasteiger partial charge in [0.15, 0.2) is 0 Å². The van der Waals surface area contributed by atoms with Gasteiger partial charge in [0.05, 0.1) is 10.2 Å². The number of halogens is 1. The van der Waals surface area contributed by atoms with Gasteiger partial charge in [0.2, 0.25) is 5.95 Å². The quantitative estimate of drug-likeness (QED) is 0.582. The summed E-state index contributed by atoms with van der Waals surface area (Å²) in [6.45, 7) is 4.68. The lowest BCUT2D eigenvalue weighted by Gasteiger charge is -2.09. The fraction of sp³-hybridized carbons (Fsp3) is 0.364. The molecule has 0 amide bonds. The van der Waals surface area contributed by atoms with Gasteiger partial charge in [-0.2, -0.15) is 10.1 Å².